The van der Waals surface area contributed by atoms with Crippen molar-refractivity contribution < 1.29 is 23.5 Å². The number of benzene rings is 1. The van der Waals surface area contributed by atoms with Crippen LogP contribution in [0.2, 0.25) is 0 Å². The molecule has 0 fully saturated rings. The zero-order valence-corrected chi connectivity index (χ0v) is 12.4. The van der Waals surface area contributed by atoms with Crippen molar-refractivity contribution >= 4 is 22.8 Å². The molecule has 6 nitrogen and oxygen atoms in total. The topological polar surface area (TPSA) is 69.0 Å². The van der Waals surface area contributed by atoms with Crippen molar-refractivity contribution in [3.63, 3.8) is 0 Å². The lowest BCUT2D eigenvalue weighted by Gasteiger charge is -2.09. The normalized spacial score (nSPS) is 10.5. The van der Waals surface area contributed by atoms with Gasteiger partial charge in [-0.1, -0.05) is 0 Å². The van der Waals surface area contributed by atoms with E-state index >= 15 is 0 Å². The molecule has 0 saturated carbocycles. The van der Waals surface area contributed by atoms with Gasteiger partial charge in [0, 0.05) is 25.0 Å². The van der Waals surface area contributed by atoms with Gasteiger partial charge in [0.25, 0.3) is 5.91 Å². The van der Waals surface area contributed by atoms with E-state index < -0.39 is 5.97 Å². The average Bonchev–Trinajstić information content (AvgIpc) is 2.80. The lowest BCUT2D eigenvalue weighted by atomic mass is 10.1. The molecule has 0 unspecified atom stereocenters. The summed E-state index contributed by atoms with van der Waals surface area (Å²) in [6.45, 7) is 1.45. The molecule has 2 aromatic rings. The van der Waals surface area contributed by atoms with E-state index in [-0.39, 0.29) is 18.3 Å². The van der Waals surface area contributed by atoms with Crippen molar-refractivity contribution in [2.45, 2.75) is 6.92 Å². The summed E-state index contributed by atoms with van der Waals surface area (Å²) in [4.78, 5) is 24.8. The van der Waals surface area contributed by atoms with Crippen LogP contribution in [-0.4, -0.2) is 44.6 Å². The molecule has 1 amide bonds. The number of esters is 1. The minimum Gasteiger partial charge on any atom is -0.497 e. The summed E-state index contributed by atoms with van der Waals surface area (Å²) in [5.74, 6) is -0.171. The number of hydrogen-bond acceptors (Lipinski definition) is 5. The largest absolute Gasteiger partial charge is 0.497 e. The molecule has 2 rings (SSSR count). The third-order valence-corrected chi connectivity index (χ3v) is 3.15. The number of rotatable bonds is 4. The Labute approximate surface area is 122 Å². The van der Waals surface area contributed by atoms with E-state index in [0.717, 1.165) is 5.39 Å². The number of nitrogens with zero attached hydrogens (tertiary/aromatic N) is 1. The molecular formula is C15H17NO5. The van der Waals surface area contributed by atoms with Gasteiger partial charge in [0.2, 0.25) is 5.76 Å². The van der Waals surface area contributed by atoms with E-state index in [0.29, 0.717) is 16.9 Å². The fourth-order valence-corrected chi connectivity index (χ4v) is 1.84. The highest BCUT2D eigenvalue weighted by molar-refractivity contribution is 5.97. The molecule has 0 bridgehead atoms. The van der Waals surface area contributed by atoms with E-state index in [4.69, 9.17) is 13.9 Å². The molecule has 1 aromatic heterocycles. The summed E-state index contributed by atoms with van der Waals surface area (Å²) in [6, 6.07) is 5.26. The highest BCUT2D eigenvalue weighted by Gasteiger charge is 2.20. The van der Waals surface area contributed by atoms with Gasteiger partial charge in [-0.15, -0.1) is 0 Å². The highest BCUT2D eigenvalue weighted by atomic mass is 16.5. The van der Waals surface area contributed by atoms with Crippen LogP contribution >= 0.6 is 0 Å². The number of furan rings is 1. The zero-order chi connectivity index (χ0) is 15.6. The fourth-order valence-electron chi connectivity index (χ4n) is 1.84. The Morgan fingerprint density at radius 3 is 2.62 bits per heavy atom. The van der Waals surface area contributed by atoms with Crippen molar-refractivity contribution in [1.82, 2.24) is 4.90 Å². The Morgan fingerprint density at radius 2 is 2.00 bits per heavy atom. The van der Waals surface area contributed by atoms with Crippen molar-refractivity contribution in [2.75, 3.05) is 27.8 Å². The number of carbonyl (C=O) groups is 2. The Bertz CT molecular complexity index is 687. The van der Waals surface area contributed by atoms with Gasteiger partial charge in [0.15, 0.2) is 6.61 Å². The maximum atomic E-state index is 12.0. The van der Waals surface area contributed by atoms with Crippen molar-refractivity contribution in [2.24, 2.45) is 0 Å². The summed E-state index contributed by atoms with van der Waals surface area (Å²) < 4.78 is 15.6. The van der Waals surface area contributed by atoms with Gasteiger partial charge in [-0.3, -0.25) is 4.79 Å². The van der Waals surface area contributed by atoms with Crippen molar-refractivity contribution in [1.29, 1.82) is 0 Å². The van der Waals surface area contributed by atoms with Crippen LogP contribution in [0.4, 0.5) is 0 Å². The first-order valence-electron chi connectivity index (χ1n) is 6.38. The minimum absolute atomic E-state index is 0.102. The van der Waals surface area contributed by atoms with Gasteiger partial charge in [-0.2, -0.15) is 0 Å². The van der Waals surface area contributed by atoms with Gasteiger partial charge in [-0.05, 0) is 25.1 Å². The van der Waals surface area contributed by atoms with Gasteiger partial charge in [0.05, 0.1) is 7.11 Å². The number of ether oxygens (including phenoxy) is 2. The molecule has 1 aromatic carbocycles. The smallest absolute Gasteiger partial charge is 0.375 e. The molecular weight excluding hydrogens is 274 g/mol. The second-order valence-corrected chi connectivity index (χ2v) is 4.78. The molecule has 0 spiro atoms. The molecule has 0 aliphatic carbocycles. The Kier molecular flexibility index (Phi) is 4.16. The van der Waals surface area contributed by atoms with Crippen LogP contribution in [0.25, 0.3) is 11.0 Å². The second-order valence-electron chi connectivity index (χ2n) is 4.78. The first kappa shape index (κ1) is 14.9. The molecule has 1 heterocycles. The second kappa shape index (κ2) is 5.87. The van der Waals surface area contributed by atoms with E-state index in [1.54, 1.807) is 46.3 Å². The summed E-state index contributed by atoms with van der Waals surface area (Å²) in [7, 11) is 4.75. The van der Waals surface area contributed by atoms with Crippen LogP contribution in [0.3, 0.4) is 0 Å². The Morgan fingerprint density at radius 1 is 1.29 bits per heavy atom. The van der Waals surface area contributed by atoms with Crippen LogP contribution in [0, 0.1) is 6.92 Å². The lowest BCUT2D eigenvalue weighted by molar-refractivity contribution is -0.132. The number of likely N-dealkylation sites (N-methyl/N-ethyl adjacent to an activating group) is 1. The molecule has 0 radical (unpaired) electrons. The highest BCUT2D eigenvalue weighted by Crippen LogP contribution is 2.29. The summed E-state index contributed by atoms with van der Waals surface area (Å²) in [5.41, 5.74) is 1.23. The molecule has 0 N–H and O–H groups in total. The third-order valence-electron chi connectivity index (χ3n) is 3.15. The molecule has 21 heavy (non-hydrogen) atoms. The molecule has 6 heteroatoms. The SMILES string of the molecule is COc1ccc2oc(C(=O)OCC(=O)N(C)C)c(C)c2c1. The Hall–Kier alpha value is -2.50. The van der Waals surface area contributed by atoms with Crippen molar-refractivity contribution in [3.05, 3.63) is 29.5 Å². The average molecular weight is 291 g/mol. The fraction of sp³-hybridized carbons (Fsp3) is 0.333. The van der Waals surface area contributed by atoms with Crippen LogP contribution in [0.15, 0.2) is 22.6 Å². The number of carbonyl (C=O) groups excluding carboxylic acids is 2. The number of amides is 1. The monoisotopic (exact) mass is 291 g/mol. The van der Waals surface area contributed by atoms with E-state index in [1.807, 2.05) is 0 Å². The minimum atomic E-state index is -0.655. The van der Waals surface area contributed by atoms with E-state index in [2.05, 4.69) is 0 Å². The Balaban J connectivity index is 2.23. The molecule has 0 aliphatic heterocycles. The lowest BCUT2D eigenvalue weighted by Crippen LogP contribution is -2.27. The number of fused-ring (bicyclic) bond motifs is 1. The first-order chi connectivity index (χ1) is 9.93. The number of methoxy groups -OCH3 is 1. The summed E-state index contributed by atoms with van der Waals surface area (Å²) in [6.07, 6.45) is 0. The maximum Gasteiger partial charge on any atom is 0.375 e. The van der Waals surface area contributed by atoms with Crippen LogP contribution in [0.1, 0.15) is 16.1 Å². The molecule has 0 aliphatic rings. The predicted molar refractivity (Wildman–Crippen MR) is 76.5 cm³/mol. The number of hydrogen-bond donors (Lipinski definition) is 0. The molecule has 0 saturated heterocycles. The van der Waals surface area contributed by atoms with Gasteiger partial charge in [-0.25, -0.2) is 4.79 Å². The van der Waals surface area contributed by atoms with Crippen LogP contribution in [-0.2, 0) is 9.53 Å². The van der Waals surface area contributed by atoms with E-state index in [1.165, 1.54) is 4.90 Å². The quantitative estimate of drug-likeness (QED) is 0.806. The van der Waals surface area contributed by atoms with Crippen LogP contribution < -0.4 is 4.74 Å². The van der Waals surface area contributed by atoms with Crippen LogP contribution in [0.5, 0.6) is 5.75 Å². The van der Waals surface area contributed by atoms with Gasteiger partial charge in [0.1, 0.15) is 11.3 Å². The zero-order valence-electron chi connectivity index (χ0n) is 12.4. The summed E-state index contributed by atoms with van der Waals surface area (Å²) in [5, 5.41) is 0.778. The maximum absolute atomic E-state index is 12.0. The summed E-state index contributed by atoms with van der Waals surface area (Å²) >= 11 is 0. The van der Waals surface area contributed by atoms with Gasteiger partial charge >= 0.3 is 5.97 Å². The third kappa shape index (κ3) is 2.99. The molecule has 112 valence electrons. The molecule has 0 atom stereocenters. The van der Waals surface area contributed by atoms with E-state index in [9.17, 15) is 9.59 Å². The standard InChI is InChI=1S/C15H17NO5/c1-9-11-7-10(19-4)5-6-12(11)21-14(9)15(18)20-8-13(17)16(2)3/h5-7H,8H2,1-4H3. The van der Waals surface area contributed by atoms with Crippen molar-refractivity contribution in [3.8, 4) is 5.75 Å². The predicted octanol–water partition coefficient (Wildman–Crippen LogP) is 1.99. The van der Waals surface area contributed by atoms with Gasteiger partial charge < -0.3 is 18.8 Å². The number of aryl methyl sites for hydroxylation is 1. The first-order valence-corrected chi connectivity index (χ1v) is 6.38.